The molecule has 0 aliphatic carbocycles. The third kappa shape index (κ3) is 7.09. The van der Waals surface area contributed by atoms with Crippen LogP contribution in [0.1, 0.15) is 69.4 Å². The van der Waals surface area contributed by atoms with Crippen molar-refractivity contribution in [3.05, 3.63) is 35.4 Å². The van der Waals surface area contributed by atoms with Crippen molar-refractivity contribution in [1.82, 2.24) is 5.32 Å². The Balaban J connectivity index is 2.18. The highest BCUT2D eigenvalue weighted by molar-refractivity contribution is 5.26. The van der Waals surface area contributed by atoms with E-state index in [1.165, 1.54) is 68.9 Å². The van der Waals surface area contributed by atoms with E-state index in [0.717, 1.165) is 0 Å². The molecule has 0 saturated heterocycles. The van der Waals surface area contributed by atoms with Crippen molar-refractivity contribution in [2.45, 2.75) is 77.7 Å². The second-order valence-corrected chi connectivity index (χ2v) is 6.03. The first-order valence-corrected chi connectivity index (χ1v) is 8.49. The summed E-state index contributed by atoms with van der Waals surface area (Å²) in [5, 5.41) is 3.49. The van der Waals surface area contributed by atoms with Gasteiger partial charge in [-0.15, -0.1) is 0 Å². The highest BCUT2D eigenvalue weighted by Crippen LogP contribution is 2.14. The van der Waals surface area contributed by atoms with Crippen LogP contribution in [0, 0.1) is 6.92 Å². The van der Waals surface area contributed by atoms with Gasteiger partial charge in [-0.3, -0.25) is 0 Å². The highest BCUT2D eigenvalue weighted by atomic mass is 14.9. The van der Waals surface area contributed by atoms with Crippen LogP contribution in [0.4, 0.5) is 0 Å². The molecular weight excluding hydrogens is 242 g/mol. The van der Waals surface area contributed by atoms with Crippen molar-refractivity contribution in [1.29, 1.82) is 0 Å². The van der Waals surface area contributed by atoms with Gasteiger partial charge in [0.2, 0.25) is 0 Å². The summed E-state index contributed by atoms with van der Waals surface area (Å²) in [4.78, 5) is 0. The van der Waals surface area contributed by atoms with E-state index in [-0.39, 0.29) is 0 Å². The average molecular weight is 275 g/mol. The second kappa shape index (κ2) is 10.9. The summed E-state index contributed by atoms with van der Waals surface area (Å²) >= 11 is 0. The van der Waals surface area contributed by atoms with Gasteiger partial charge in [0.15, 0.2) is 0 Å². The fourth-order valence-electron chi connectivity index (χ4n) is 2.80. The normalized spacial score (nSPS) is 12.6. The van der Waals surface area contributed by atoms with Gasteiger partial charge < -0.3 is 5.32 Å². The van der Waals surface area contributed by atoms with Gasteiger partial charge in [0.1, 0.15) is 0 Å². The SMILES string of the molecule is CCCCCCCCCC(Cc1ccccc1C)NC. The van der Waals surface area contributed by atoms with Crippen LogP contribution in [0.15, 0.2) is 24.3 Å². The minimum atomic E-state index is 0.631. The molecule has 1 atom stereocenters. The van der Waals surface area contributed by atoms with E-state index in [1.54, 1.807) is 0 Å². The molecule has 0 aliphatic rings. The molecular formula is C19H33N. The minimum absolute atomic E-state index is 0.631. The Morgan fingerprint density at radius 2 is 1.60 bits per heavy atom. The standard InChI is InChI=1S/C19H33N/c1-4-5-6-7-8-9-10-15-19(20-3)16-18-14-12-11-13-17(18)2/h11-14,19-20H,4-10,15-16H2,1-3H3. The predicted octanol–water partition coefficient (Wildman–Crippen LogP) is 5.27. The van der Waals surface area contributed by atoms with Gasteiger partial charge in [-0.05, 0) is 37.9 Å². The lowest BCUT2D eigenvalue weighted by atomic mass is 9.97. The van der Waals surface area contributed by atoms with Crippen molar-refractivity contribution < 1.29 is 0 Å². The Morgan fingerprint density at radius 1 is 0.950 bits per heavy atom. The van der Waals surface area contributed by atoms with Crippen molar-refractivity contribution in [2.75, 3.05) is 7.05 Å². The number of unbranched alkanes of at least 4 members (excludes halogenated alkanes) is 6. The highest BCUT2D eigenvalue weighted by Gasteiger charge is 2.08. The lowest BCUT2D eigenvalue weighted by Gasteiger charge is -2.17. The van der Waals surface area contributed by atoms with Crippen LogP contribution in [-0.2, 0) is 6.42 Å². The fourth-order valence-corrected chi connectivity index (χ4v) is 2.80. The topological polar surface area (TPSA) is 12.0 Å². The molecule has 0 spiro atoms. The van der Waals surface area contributed by atoms with E-state index in [9.17, 15) is 0 Å². The van der Waals surface area contributed by atoms with E-state index < -0.39 is 0 Å². The Kier molecular flexibility index (Phi) is 9.40. The lowest BCUT2D eigenvalue weighted by Crippen LogP contribution is -2.27. The smallest absolute Gasteiger partial charge is 0.0105 e. The largest absolute Gasteiger partial charge is 0.317 e. The molecule has 0 saturated carbocycles. The molecule has 0 fully saturated rings. The molecule has 0 radical (unpaired) electrons. The molecule has 0 heterocycles. The van der Waals surface area contributed by atoms with E-state index in [1.807, 2.05) is 0 Å². The summed E-state index contributed by atoms with van der Waals surface area (Å²) in [6.07, 6.45) is 12.3. The Labute approximate surface area is 126 Å². The average Bonchev–Trinajstić information content (AvgIpc) is 2.47. The van der Waals surface area contributed by atoms with Gasteiger partial charge in [-0.2, -0.15) is 0 Å². The van der Waals surface area contributed by atoms with Gasteiger partial charge in [0.05, 0.1) is 0 Å². The van der Waals surface area contributed by atoms with E-state index in [4.69, 9.17) is 0 Å². The molecule has 1 heteroatoms. The van der Waals surface area contributed by atoms with Crippen LogP contribution in [-0.4, -0.2) is 13.1 Å². The van der Waals surface area contributed by atoms with Gasteiger partial charge in [0.25, 0.3) is 0 Å². The lowest BCUT2D eigenvalue weighted by molar-refractivity contribution is 0.478. The van der Waals surface area contributed by atoms with E-state index in [2.05, 4.69) is 50.5 Å². The van der Waals surface area contributed by atoms with Gasteiger partial charge >= 0.3 is 0 Å². The molecule has 0 aromatic heterocycles. The molecule has 1 rings (SSSR count). The van der Waals surface area contributed by atoms with E-state index in [0.29, 0.717) is 6.04 Å². The molecule has 0 amide bonds. The maximum absolute atomic E-state index is 3.49. The molecule has 0 aliphatic heterocycles. The molecule has 1 aromatic rings. The van der Waals surface area contributed by atoms with Crippen molar-refractivity contribution >= 4 is 0 Å². The minimum Gasteiger partial charge on any atom is -0.317 e. The third-order valence-corrected chi connectivity index (χ3v) is 4.29. The first-order chi connectivity index (χ1) is 9.77. The van der Waals surface area contributed by atoms with Gasteiger partial charge in [-0.1, -0.05) is 76.1 Å². The van der Waals surface area contributed by atoms with Crippen LogP contribution in [0.25, 0.3) is 0 Å². The summed E-state index contributed by atoms with van der Waals surface area (Å²) in [6.45, 7) is 4.50. The molecule has 1 N–H and O–H groups in total. The number of aryl methyl sites for hydroxylation is 1. The monoisotopic (exact) mass is 275 g/mol. The first kappa shape index (κ1) is 17.2. The summed E-state index contributed by atoms with van der Waals surface area (Å²) in [5.74, 6) is 0. The van der Waals surface area contributed by atoms with Crippen LogP contribution in [0.3, 0.4) is 0 Å². The van der Waals surface area contributed by atoms with Crippen molar-refractivity contribution in [2.24, 2.45) is 0 Å². The summed E-state index contributed by atoms with van der Waals surface area (Å²) in [7, 11) is 2.10. The number of nitrogens with one attached hydrogen (secondary N) is 1. The Hall–Kier alpha value is -0.820. The molecule has 1 aromatic carbocycles. The molecule has 20 heavy (non-hydrogen) atoms. The third-order valence-electron chi connectivity index (χ3n) is 4.29. The number of hydrogen-bond donors (Lipinski definition) is 1. The Bertz CT molecular complexity index is 345. The van der Waals surface area contributed by atoms with Crippen molar-refractivity contribution in [3.63, 3.8) is 0 Å². The summed E-state index contributed by atoms with van der Waals surface area (Å²) in [6, 6.07) is 9.40. The molecule has 1 nitrogen and oxygen atoms in total. The number of hydrogen-bond acceptors (Lipinski definition) is 1. The molecule has 114 valence electrons. The van der Waals surface area contributed by atoms with Crippen LogP contribution in [0.5, 0.6) is 0 Å². The Morgan fingerprint density at radius 3 is 2.25 bits per heavy atom. The maximum atomic E-state index is 3.49. The van der Waals surface area contributed by atoms with Crippen LogP contribution in [0.2, 0.25) is 0 Å². The molecule has 1 unspecified atom stereocenters. The zero-order chi connectivity index (χ0) is 14.6. The zero-order valence-corrected chi connectivity index (χ0v) is 13.8. The van der Waals surface area contributed by atoms with Gasteiger partial charge in [0, 0.05) is 6.04 Å². The number of rotatable bonds is 11. The number of benzene rings is 1. The summed E-state index contributed by atoms with van der Waals surface area (Å²) in [5.41, 5.74) is 2.92. The van der Waals surface area contributed by atoms with E-state index >= 15 is 0 Å². The zero-order valence-electron chi connectivity index (χ0n) is 13.8. The van der Waals surface area contributed by atoms with Crippen molar-refractivity contribution in [3.8, 4) is 0 Å². The quantitative estimate of drug-likeness (QED) is 0.543. The second-order valence-electron chi connectivity index (χ2n) is 6.03. The van der Waals surface area contributed by atoms with Crippen LogP contribution >= 0.6 is 0 Å². The maximum Gasteiger partial charge on any atom is 0.0105 e. The molecule has 0 bridgehead atoms. The van der Waals surface area contributed by atoms with Crippen LogP contribution < -0.4 is 5.32 Å². The first-order valence-electron chi connectivity index (χ1n) is 8.49. The van der Waals surface area contributed by atoms with Gasteiger partial charge in [-0.25, -0.2) is 0 Å². The number of likely N-dealkylation sites (N-methyl/N-ethyl adjacent to an activating group) is 1. The fraction of sp³-hybridized carbons (Fsp3) is 0.684. The summed E-state index contributed by atoms with van der Waals surface area (Å²) < 4.78 is 0. The predicted molar refractivity (Wildman–Crippen MR) is 90.3 cm³/mol.